The molecule has 1 saturated carbocycles. The van der Waals surface area contributed by atoms with Crippen LogP contribution < -0.4 is 0 Å². The van der Waals surface area contributed by atoms with Crippen molar-refractivity contribution in [3.05, 3.63) is 116 Å². The Morgan fingerprint density at radius 2 is 1.83 bits per heavy atom. The van der Waals surface area contributed by atoms with Crippen molar-refractivity contribution in [3.63, 3.8) is 0 Å². The van der Waals surface area contributed by atoms with Crippen LogP contribution in [0.1, 0.15) is 55.9 Å². The normalized spacial score (nSPS) is 18.7. The molecule has 41 heavy (non-hydrogen) atoms. The molecule has 8 nitrogen and oxygen atoms in total. The molecule has 0 N–H and O–H groups in total. The Morgan fingerprint density at radius 3 is 2.44 bits per heavy atom. The number of nitrogens with zero attached hydrogens (tertiary/aromatic N) is 5. The second kappa shape index (κ2) is 10.1. The number of carbonyl (C=O) groups excluding carboxylic acids is 2. The first-order valence-corrected chi connectivity index (χ1v) is 13.5. The third-order valence-electron chi connectivity index (χ3n) is 7.51. The number of carbonyl (C=O) groups is 2. The number of aryl methyl sites for hydroxylation is 1. The minimum atomic E-state index is -1.77. The van der Waals surface area contributed by atoms with Gasteiger partial charge in [-0.2, -0.15) is 10.4 Å². The number of amides is 1. The molecule has 1 unspecified atom stereocenters. The van der Waals surface area contributed by atoms with Gasteiger partial charge in [0.05, 0.1) is 58.2 Å². The lowest BCUT2D eigenvalue weighted by atomic mass is 9.90. The molecule has 0 saturated heterocycles. The van der Waals surface area contributed by atoms with Crippen molar-refractivity contribution in [2.45, 2.75) is 25.1 Å². The number of benzene rings is 2. The van der Waals surface area contributed by atoms with Crippen LogP contribution in [0.3, 0.4) is 0 Å². The van der Waals surface area contributed by atoms with E-state index in [-0.39, 0.29) is 35.4 Å². The van der Waals surface area contributed by atoms with Crippen LogP contribution in [0.4, 0.5) is 4.39 Å². The van der Waals surface area contributed by atoms with Crippen LogP contribution in [0.2, 0.25) is 10.0 Å². The summed E-state index contributed by atoms with van der Waals surface area (Å²) in [6, 6.07) is 14.7. The van der Waals surface area contributed by atoms with Crippen LogP contribution in [-0.4, -0.2) is 38.0 Å². The minimum absolute atomic E-state index is 0.00485. The lowest BCUT2D eigenvalue weighted by Gasteiger charge is -2.40. The maximum atomic E-state index is 16.4. The van der Waals surface area contributed by atoms with Crippen LogP contribution in [-0.2, 0) is 24.1 Å². The van der Waals surface area contributed by atoms with E-state index >= 15 is 4.39 Å². The Balaban J connectivity index is 1.55. The summed E-state index contributed by atoms with van der Waals surface area (Å²) >= 11 is 12.2. The Labute approximate surface area is 244 Å². The van der Waals surface area contributed by atoms with Crippen LogP contribution >= 0.6 is 23.2 Å². The van der Waals surface area contributed by atoms with Crippen molar-refractivity contribution in [2.24, 2.45) is 12.5 Å². The summed E-state index contributed by atoms with van der Waals surface area (Å²) in [4.78, 5) is 33.2. The molecule has 2 aromatic carbocycles. The molecule has 0 spiro atoms. The average molecular weight is 590 g/mol. The maximum Gasteiger partial charge on any atom is 0.257 e. The van der Waals surface area contributed by atoms with Gasteiger partial charge in [0.2, 0.25) is 0 Å². The molecule has 2 aliphatic rings. The molecule has 1 aliphatic heterocycles. The number of hydrogen-bond acceptors (Lipinski definition) is 6. The quantitative estimate of drug-likeness (QED) is 0.245. The first kappa shape index (κ1) is 27.1. The van der Waals surface area contributed by atoms with Crippen molar-refractivity contribution in [2.75, 3.05) is 6.61 Å². The second-order valence-electron chi connectivity index (χ2n) is 10.3. The maximum absolute atomic E-state index is 16.4. The van der Waals surface area contributed by atoms with Gasteiger partial charge >= 0.3 is 0 Å². The second-order valence-corrected chi connectivity index (χ2v) is 11.2. The standard InChI is InChI=1S/C30H22Cl2FN5O3/c1-37-14-19(12-36-37)27(39)18-10-24-26(25(33)11-18)30(20-2-4-21(31)5-3-20,41-17-29(16-34)8-9-29)38(28(24)40)15-23-7-6-22(32)13-35-23/h2-7,10-14H,8-9,15,17H2,1H3. The summed E-state index contributed by atoms with van der Waals surface area (Å²) in [6.45, 7) is -0.114. The summed E-state index contributed by atoms with van der Waals surface area (Å²) in [6.07, 6.45) is 5.61. The fourth-order valence-electron chi connectivity index (χ4n) is 5.12. The molecule has 3 heterocycles. The van der Waals surface area contributed by atoms with Crippen molar-refractivity contribution in [1.29, 1.82) is 5.26 Å². The fourth-order valence-corrected chi connectivity index (χ4v) is 5.35. The summed E-state index contributed by atoms with van der Waals surface area (Å²) < 4.78 is 24.4. The molecule has 0 bridgehead atoms. The van der Waals surface area contributed by atoms with Gasteiger partial charge in [0.15, 0.2) is 11.5 Å². The number of fused-ring (bicyclic) bond motifs is 1. The Morgan fingerprint density at radius 1 is 1.10 bits per heavy atom. The van der Waals surface area contributed by atoms with E-state index in [0.29, 0.717) is 34.1 Å². The fraction of sp³-hybridized carbons (Fsp3) is 0.233. The largest absolute Gasteiger partial charge is 0.345 e. The molecule has 1 amide bonds. The highest BCUT2D eigenvalue weighted by atomic mass is 35.5. The number of rotatable bonds is 8. The number of aromatic nitrogens is 3. The van der Waals surface area contributed by atoms with E-state index in [1.807, 2.05) is 0 Å². The lowest BCUT2D eigenvalue weighted by molar-refractivity contribution is -0.122. The molecule has 4 aromatic rings. The van der Waals surface area contributed by atoms with E-state index in [2.05, 4.69) is 16.2 Å². The molecular formula is C30H22Cl2FN5O3. The zero-order chi connectivity index (χ0) is 28.9. The van der Waals surface area contributed by atoms with Crippen molar-refractivity contribution in [3.8, 4) is 6.07 Å². The van der Waals surface area contributed by atoms with E-state index < -0.39 is 28.6 Å². The Bertz CT molecular complexity index is 1730. The van der Waals surface area contributed by atoms with E-state index in [1.165, 1.54) is 34.2 Å². The van der Waals surface area contributed by atoms with Gasteiger partial charge in [-0.05, 0) is 49.2 Å². The topological polar surface area (TPSA) is 101 Å². The molecule has 6 rings (SSSR count). The van der Waals surface area contributed by atoms with E-state index in [1.54, 1.807) is 43.4 Å². The van der Waals surface area contributed by atoms with Gasteiger partial charge in [0.25, 0.3) is 5.91 Å². The number of halogens is 3. The first-order valence-electron chi connectivity index (χ1n) is 12.8. The molecule has 2 aromatic heterocycles. The van der Waals surface area contributed by atoms with Gasteiger partial charge in [0.1, 0.15) is 5.82 Å². The van der Waals surface area contributed by atoms with Gasteiger partial charge in [-0.1, -0.05) is 35.3 Å². The van der Waals surface area contributed by atoms with E-state index in [0.717, 1.165) is 6.07 Å². The first-order chi connectivity index (χ1) is 19.7. The molecule has 11 heteroatoms. The number of pyridine rings is 1. The van der Waals surface area contributed by atoms with Gasteiger partial charge in [0, 0.05) is 35.6 Å². The van der Waals surface area contributed by atoms with Crippen LogP contribution in [0, 0.1) is 22.6 Å². The lowest BCUT2D eigenvalue weighted by Crippen LogP contribution is -2.47. The van der Waals surface area contributed by atoms with Gasteiger partial charge in [-0.3, -0.25) is 24.2 Å². The van der Waals surface area contributed by atoms with Gasteiger partial charge < -0.3 is 4.74 Å². The van der Waals surface area contributed by atoms with Crippen LogP contribution in [0.25, 0.3) is 0 Å². The van der Waals surface area contributed by atoms with Crippen LogP contribution in [0.15, 0.2) is 67.1 Å². The highest BCUT2D eigenvalue weighted by molar-refractivity contribution is 6.30. The zero-order valence-corrected chi connectivity index (χ0v) is 23.3. The summed E-state index contributed by atoms with van der Waals surface area (Å²) in [5.74, 6) is -1.84. The molecular weight excluding hydrogens is 568 g/mol. The number of hydrogen-bond donors (Lipinski definition) is 0. The molecule has 0 radical (unpaired) electrons. The van der Waals surface area contributed by atoms with Crippen molar-refractivity contribution in [1.82, 2.24) is 19.7 Å². The minimum Gasteiger partial charge on any atom is -0.345 e. The average Bonchev–Trinajstić information content (AvgIpc) is 3.56. The molecule has 1 atom stereocenters. The highest BCUT2D eigenvalue weighted by Crippen LogP contribution is 2.52. The van der Waals surface area contributed by atoms with E-state index in [9.17, 15) is 14.9 Å². The number of ether oxygens (including phenoxy) is 1. The smallest absolute Gasteiger partial charge is 0.257 e. The van der Waals surface area contributed by atoms with Crippen LogP contribution in [0.5, 0.6) is 0 Å². The predicted molar refractivity (Wildman–Crippen MR) is 148 cm³/mol. The Kier molecular flexibility index (Phi) is 6.65. The zero-order valence-electron chi connectivity index (χ0n) is 21.8. The number of nitriles is 1. The summed E-state index contributed by atoms with van der Waals surface area (Å²) in [5, 5.41) is 14.7. The molecule has 206 valence electrons. The van der Waals surface area contributed by atoms with Gasteiger partial charge in [-0.25, -0.2) is 4.39 Å². The molecule has 1 fully saturated rings. The third-order valence-corrected chi connectivity index (χ3v) is 7.98. The van der Waals surface area contributed by atoms with E-state index in [4.69, 9.17) is 27.9 Å². The molecule has 1 aliphatic carbocycles. The SMILES string of the molecule is Cn1cc(C(=O)c2cc(F)c3c(c2)C(=O)N(Cc2ccc(Cl)cn2)C3(OCC2(C#N)CC2)c2ccc(Cl)cc2)cn1. The third kappa shape index (κ3) is 4.68. The highest BCUT2D eigenvalue weighted by Gasteiger charge is 2.56. The number of ketones is 1. The monoisotopic (exact) mass is 589 g/mol. The summed E-state index contributed by atoms with van der Waals surface area (Å²) in [5.41, 5.74) is -1.42. The predicted octanol–water partition coefficient (Wildman–Crippen LogP) is 5.67. The Hall–Kier alpha value is -4.10. The summed E-state index contributed by atoms with van der Waals surface area (Å²) in [7, 11) is 1.66. The van der Waals surface area contributed by atoms with Crippen molar-refractivity contribution < 1.29 is 18.7 Å². The van der Waals surface area contributed by atoms with Crippen molar-refractivity contribution >= 4 is 34.9 Å². The van der Waals surface area contributed by atoms with Gasteiger partial charge in [-0.15, -0.1) is 0 Å².